The Morgan fingerprint density at radius 2 is 1.12 bits per heavy atom. The number of imide groups is 2. The number of benzene rings is 3. The second-order valence-corrected chi connectivity index (χ2v) is 12.0. The van der Waals surface area contributed by atoms with Gasteiger partial charge >= 0.3 is 0 Å². The van der Waals surface area contributed by atoms with E-state index in [4.69, 9.17) is 23.2 Å². The molecule has 3 aromatic carbocycles. The maximum Gasteiger partial charge on any atom is 0.238 e. The molecule has 6 atom stereocenters. The van der Waals surface area contributed by atoms with Gasteiger partial charge in [0.1, 0.15) is 5.75 Å². The summed E-state index contributed by atoms with van der Waals surface area (Å²) in [5.41, 5.74) is 2.58. The van der Waals surface area contributed by atoms with E-state index >= 15 is 0 Å². The van der Waals surface area contributed by atoms with Crippen molar-refractivity contribution < 1.29 is 24.3 Å². The maximum absolute atomic E-state index is 14.0. The zero-order chi connectivity index (χ0) is 28.6. The molecule has 2 aliphatic heterocycles. The van der Waals surface area contributed by atoms with Crippen molar-refractivity contribution in [3.05, 3.63) is 100 Å². The van der Waals surface area contributed by atoms with Gasteiger partial charge in [0.05, 0.1) is 35.0 Å². The van der Waals surface area contributed by atoms with Gasteiger partial charge in [0.15, 0.2) is 0 Å². The van der Waals surface area contributed by atoms with Crippen molar-refractivity contribution in [1.29, 1.82) is 0 Å². The van der Waals surface area contributed by atoms with E-state index < -0.39 is 35.5 Å². The minimum absolute atomic E-state index is 0.0853. The van der Waals surface area contributed by atoms with Crippen LogP contribution in [0.1, 0.15) is 24.3 Å². The number of anilines is 2. The van der Waals surface area contributed by atoms with Crippen LogP contribution in [0.3, 0.4) is 0 Å². The van der Waals surface area contributed by atoms with Crippen LogP contribution in [-0.4, -0.2) is 28.7 Å². The van der Waals surface area contributed by atoms with Crippen molar-refractivity contribution >= 4 is 58.2 Å². The number of phenols is 1. The Kier molecular flexibility index (Phi) is 6.07. The van der Waals surface area contributed by atoms with Gasteiger partial charge in [-0.15, -0.1) is 0 Å². The van der Waals surface area contributed by atoms with Crippen LogP contribution in [0.4, 0.5) is 11.4 Å². The first kappa shape index (κ1) is 26.0. The van der Waals surface area contributed by atoms with E-state index in [-0.39, 0.29) is 35.8 Å². The third-order valence-corrected chi connectivity index (χ3v) is 9.57. The minimum Gasteiger partial charge on any atom is -0.508 e. The molecule has 2 saturated heterocycles. The van der Waals surface area contributed by atoms with Gasteiger partial charge in [-0.25, -0.2) is 0 Å². The lowest BCUT2D eigenvalue weighted by atomic mass is 9.57. The summed E-state index contributed by atoms with van der Waals surface area (Å²) >= 11 is 12.1. The summed E-state index contributed by atoms with van der Waals surface area (Å²) in [6.45, 7) is 0. The summed E-state index contributed by atoms with van der Waals surface area (Å²) in [6, 6.07) is 19.8. The molecule has 0 spiro atoms. The highest BCUT2D eigenvalue weighted by atomic mass is 35.5. The highest BCUT2D eigenvalue weighted by Gasteiger charge is 2.62. The molecule has 1 N–H and O–H groups in total. The summed E-state index contributed by atoms with van der Waals surface area (Å²) < 4.78 is 0. The molecule has 2 aliphatic carbocycles. The second-order valence-electron chi connectivity index (χ2n) is 11.1. The Bertz CT molecular complexity index is 1630. The van der Waals surface area contributed by atoms with Gasteiger partial charge in [-0.2, -0.15) is 0 Å². The molecule has 41 heavy (non-hydrogen) atoms. The van der Waals surface area contributed by atoms with Crippen molar-refractivity contribution in [2.75, 3.05) is 9.80 Å². The summed E-state index contributed by atoms with van der Waals surface area (Å²) in [5.74, 6) is -4.55. The summed E-state index contributed by atoms with van der Waals surface area (Å²) in [7, 11) is 0. The molecule has 7 nitrogen and oxygen atoms in total. The number of phenolic OH excluding ortho intramolecular Hbond substituents is 1. The molecule has 0 bridgehead atoms. The topological polar surface area (TPSA) is 95.0 Å². The molecule has 9 heteroatoms. The van der Waals surface area contributed by atoms with E-state index in [1.165, 1.54) is 9.80 Å². The molecule has 206 valence electrons. The third-order valence-electron chi connectivity index (χ3n) is 9.07. The van der Waals surface area contributed by atoms with Gasteiger partial charge in [0, 0.05) is 16.0 Å². The summed E-state index contributed by atoms with van der Waals surface area (Å²) in [6.07, 6.45) is 2.65. The SMILES string of the molecule is O=C1C2CC=C3C(CC4C(=O)N(c5ccc(Cl)cc5)C(=O)C4C3c3ccc(O)cc3)C2C(=O)N1c1ccc(Cl)cc1. The predicted molar refractivity (Wildman–Crippen MR) is 154 cm³/mol. The number of fused-ring (bicyclic) bond motifs is 4. The first-order valence-corrected chi connectivity index (χ1v) is 14.3. The number of hydrogen-bond acceptors (Lipinski definition) is 5. The number of allylic oxidation sites excluding steroid dienone is 2. The third kappa shape index (κ3) is 3.94. The summed E-state index contributed by atoms with van der Waals surface area (Å²) in [5, 5.41) is 11.0. The van der Waals surface area contributed by atoms with E-state index in [0.29, 0.717) is 27.8 Å². The number of carbonyl (C=O) groups is 4. The molecule has 3 aromatic rings. The first-order chi connectivity index (χ1) is 19.7. The lowest BCUT2D eigenvalue weighted by molar-refractivity contribution is -0.126. The predicted octanol–water partition coefficient (Wildman–Crippen LogP) is 5.74. The normalized spacial score (nSPS) is 28.9. The molecule has 4 amide bonds. The quantitative estimate of drug-likeness (QED) is 0.312. The van der Waals surface area contributed by atoms with Crippen LogP contribution in [0.15, 0.2) is 84.4 Å². The van der Waals surface area contributed by atoms with Crippen LogP contribution >= 0.6 is 23.2 Å². The minimum atomic E-state index is -0.679. The molecule has 0 radical (unpaired) electrons. The molecule has 2 heterocycles. The van der Waals surface area contributed by atoms with E-state index in [1.807, 2.05) is 6.08 Å². The number of amides is 4. The van der Waals surface area contributed by atoms with Gasteiger partial charge in [-0.3, -0.25) is 29.0 Å². The van der Waals surface area contributed by atoms with Crippen LogP contribution in [-0.2, 0) is 19.2 Å². The lowest BCUT2D eigenvalue weighted by Crippen LogP contribution is -2.43. The Hall–Kier alpha value is -3.94. The van der Waals surface area contributed by atoms with Crippen molar-refractivity contribution in [3.63, 3.8) is 0 Å². The number of rotatable bonds is 3. The molecular formula is C32H24Cl2N2O5. The monoisotopic (exact) mass is 586 g/mol. The fourth-order valence-electron chi connectivity index (χ4n) is 7.33. The Morgan fingerprint density at radius 1 is 0.610 bits per heavy atom. The van der Waals surface area contributed by atoms with Crippen molar-refractivity contribution in [1.82, 2.24) is 0 Å². The highest BCUT2D eigenvalue weighted by molar-refractivity contribution is 6.31. The van der Waals surface area contributed by atoms with Gasteiger partial charge < -0.3 is 5.11 Å². The number of nitrogens with zero attached hydrogens (tertiary/aromatic N) is 2. The molecule has 6 unspecified atom stereocenters. The van der Waals surface area contributed by atoms with Crippen molar-refractivity contribution in [2.45, 2.75) is 18.8 Å². The second kappa shape index (κ2) is 9.57. The molecule has 3 fully saturated rings. The Morgan fingerprint density at radius 3 is 1.68 bits per heavy atom. The van der Waals surface area contributed by atoms with E-state index in [1.54, 1.807) is 72.8 Å². The molecule has 0 aromatic heterocycles. The van der Waals surface area contributed by atoms with Gasteiger partial charge in [0.2, 0.25) is 23.6 Å². The fourth-order valence-corrected chi connectivity index (χ4v) is 7.59. The van der Waals surface area contributed by atoms with Crippen LogP contribution in [0.25, 0.3) is 0 Å². The standard InChI is InChI=1S/C32H24Cl2N2O5/c33-17-3-7-19(8-4-17)35-29(38)23-14-13-22-24(27(23)31(35)40)15-25-28(26(22)16-1-11-21(37)12-2-16)32(41)36(30(25)39)20-9-5-18(34)6-10-20/h1-13,23-28,37H,14-15H2. The van der Waals surface area contributed by atoms with Gasteiger partial charge in [-0.05, 0) is 85.0 Å². The number of aromatic hydroxyl groups is 1. The molecular weight excluding hydrogens is 563 g/mol. The molecule has 4 aliphatic rings. The van der Waals surface area contributed by atoms with E-state index in [9.17, 15) is 24.3 Å². The van der Waals surface area contributed by atoms with Gasteiger partial charge in [0.25, 0.3) is 0 Å². The zero-order valence-electron chi connectivity index (χ0n) is 21.6. The number of carbonyl (C=O) groups excluding carboxylic acids is 4. The van der Waals surface area contributed by atoms with Crippen LogP contribution in [0, 0.1) is 29.6 Å². The van der Waals surface area contributed by atoms with E-state index in [2.05, 4.69) is 0 Å². The van der Waals surface area contributed by atoms with Crippen LogP contribution < -0.4 is 9.80 Å². The lowest BCUT2D eigenvalue weighted by Gasteiger charge is -2.44. The average Bonchev–Trinajstić information content (AvgIpc) is 3.37. The van der Waals surface area contributed by atoms with Gasteiger partial charge in [-0.1, -0.05) is 47.0 Å². The average molecular weight is 587 g/mol. The smallest absolute Gasteiger partial charge is 0.238 e. The van der Waals surface area contributed by atoms with E-state index in [0.717, 1.165) is 11.1 Å². The number of hydrogen-bond donors (Lipinski definition) is 1. The van der Waals surface area contributed by atoms with Crippen molar-refractivity contribution in [2.24, 2.45) is 29.6 Å². The fraction of sp³-hybridized carbons (Fsp3) is 0.250. The maximum atomic E-state index is 14.0. The zero-order valence-corrected chi connectivity index (χ0v) is 23.1. The number of halogens is 2. The first-order valence-electron chi connectivity index (χ1n) is 13.5. The Labute approximate surface area is 246 Å². The van der Waals surface area contributed by atoms with Crippen LogP contribution in [0.2, 0.25) is 10.0 Å². The van der Waals surface area contributed by atoms with Crippen molar-refractivity contribution in [3.8, 4) is 5.75 Å². The Balaban J connectivity index is 1.32. The van der Waals surface area contributed by atoms with Crippen LogP contribution in [0.5, 0.6) is 5.75 Å². The largest absolute Gasteiger partial charge is 0.508 e. The molecule has 7 rings (SSSR count). The molecule has 1 saturated carbocycles. The highest BCUT2D eigenvalue weighted by Crippen LogP contribution is 2.58. The summed E-state index contributed by atoms with van der Waals surface area (Å²) in [4.78, 5) is 58.0.